The van der Waals surface area contributed by atoms with Crippen LogP contribution in [0.2, 0.25) is 0 Å². The van der Waals surface area contributed by atoms with Gasteiger partial charge in [0.05, 0.1) is 6.26 Å². The summed E-state index contributed by atoms with van der Waals surface area (Å²) >= 11 is 0. The van der Waals surface area contributed by atoms with Gasteiger partial charge in [-0.25, -0.2) is 0 Å². The molecule has 16 heavy (non-hydrogen) atoms. The quantitative estimate of drug-likeness (QED) is 0.597. The first kappa shape index (κ1) is 9.45. The van der Waals surface area contributed by atoms with Gasteiger partial charge < -0.3 is 14.5 Å². The van der Waals surface area contributed by atoms with Crippen LogP contribution in [-0.2, 0) is 0 Å². The van der Waals surface area contributed by atoms with Crippen molar-refractivity contribution in [2.75, 3.05) is 0 Å². The van der Waals surface area contributed by atoms with Crippen LogP contribution in [0.25, 0.3) is 21.7 Å². The molecule has 2 N–H and O–H groups in total. The zero-order valence-electron chi connectivity index (χ0n) is 8.42. The molecule has 0 bridgehead atoms. The van der Waals surface area contributed by atoms with Gasteiger partial charge in [0, 0.05) is 10.8 Å². The van der Waals surface area contributed by atoms with Crippen molar-refractivity contribution in [3.8, 4) is 0 Å². The average molecular weight is 212 g/mol. The van der Waals surface area contributed by atoms with Crippen LogP contribution in [0.15, 0.2) is 47.1 Å². The van der Waals surface area contributed by atoms with E-state index in [9.17, 15) is 10.0 Å². The summed E-state index contributed by atoms with van der Waals surface area (Å²) in [5, 5.41) is 21.3. The number of fused-ring (bicyclic) bond motifs is 3. The van der Waals surface area contributed by atoms with Gasteiger partial charge in [-0.05, 0) is 16.9 Å². The van der Waals surface area contributed by atoms with Gasteiger partial charge in [0.1, 0.15) is 5.58 Å². The molecule has 1 aromatic heterocycles. The van der Waals surface area contributed by atoms with Crippen LogP contribution in [0, 0.1) is 0 Å². The summed E-state index contributed by atoms with van der Waals surface area (Å²) in [6.45, 7) is 0. The molecule has 0 unspecified atom stereocenters. The monoisotopic (exact) mass is 212 g/mol. The van der Waals surface area contributed by atoms with Crippen molar-refractivity contribution in [1.82, 2.24) is 0 Å². The Hall–Kier alpha value is -1.78. The summed E-state index contributed by atoms with van der Waals surface area (Å²) in [7, 11) is -1.47. The summed E-state index contributed by atoms with van der Waals surface area (Å²) in [6, 6.07) is 11.1. The third-order valence-corrected chi connectivity index (χ3v) is 2.77. The second kappa shape index (κ2) is 3.37. The lowest BCUT2D eigenvalue weighted by molar-refractivity contribution is 0.426. The summed E-state index contributed by atoms with van der Waals surface area (Å²) in [6.07, 6.45) is 1.60. The molecule has 2 aromatic carbocycles. The molecule has 0 aliphatic carbocycles. The molecule has 3 nitrogen and oxygen atoms in total. The summed E-state index contributed by atoms with van der Waals surface area (Å²) in [5.41, 5.74) is 1.28. The third kappa shape index (κ3) is 1.24. The highest BCUT2D eigenvalue weighted by Crippen LogP contribution is 2.24. The lowest BCUT2D eigenvalue weighted by Gasteiger charge is -2.06. The van der Waals surface area contributed by atoms with Crippen LogP contribution in [0.1, 0.15) is 0 Å². The first-order valence-corrected chi connectivity index (χ1v) is 5.02. The Labute approximate surface area is 92.1 Å². The minimum atomic E-state index is -1.47. The molecule has 0 aliphatic heterocycles. The number of hydrogen-bond acceptors (Lipinski definition) is 3. The van der Waals surface area contributed by atoms with Crippen molar-refractivity contribution >= 4 is 34.3 Å². The zero-order valence-corrected chi connectivity index (χ0v) is 8.42. The van der Waals surface area contributed by atoms with Crippen molar-refractivity contribution in [3.63, 3.8) is 0 Å². The third-order valence-electron chi connectivity index (χ3n) is 2.77. The number of rotatable bonds is 1. The fraction of sp³-hybridized carbons (Fsp3) is 0. The van der Waals surface area contributed by atoms with Crippen molar-refractivity contribution in [1.29, 1.82) is 0 Å². The molecule has 3 rings (SSSR count). The Morgan fingerprint density at radius 2 is 1.75 bits per heavy atom. The van der Waals surface area contributed by atoms with E-state index in [1.54, 1.807) is 12.3 Å². The van der Waals surface area contributed by atoms with Crippen LogP contribution in [0.3, 0.4) is 0 Å². The Balaban J connectivity index is 2.55. The fourth-order valence-corrected chi connectivity index (χ4v) is 2.04. The predicted molar refractivity (Wildman–Crippen MR) is 63.5 cm³/mol. The molecule has 4 heteroatoms. The molecular formula is C12H9BO3. The summed E-state index contributed by atoms with van der Waals surface area (Å²) < 4.78 is 5.40. The topological polar surface area (TPSA) is 53.6 Å². The van der Waals surface area contributed by atoms with E-state index in [0.717, 1.165) is 21.7 Å². The fourth-order valence-electron chi connectivity index (χ4n) is 2.04. The van der Waals surface area contributed by atoms with Gasteiger partial charge in [0.2, 0.25) is 0 Å². The van der Waals surface area contributed by atoms with E-state index in [4.69, 9.17) is 4.42 Å². The molecule has 0 amide bonds. The standard InChI is InChI=1S/C12H9BO3/c14-13(15)11-7-8-5-6-16-12(8)10-4-2-1-3-9(10)11/h1-7,14-15H. The second-order valence-corrected chi connectivity index (χ2v) is 3.72. The van der Waals surface area contributed by atoms with Gasteiger partial charge in [0.15, 0.2) is 0 Å². The van der Waals surface area contributed by atoms with Crippen LogP contribution >= 0.6 is 0 Å². The maximum atomic E-state index is 9.34. The lowest BCUT2D eigenvalue weighted by Crippen LogP contribution is -2.30. The first-order chi connectivity index (χ1) is 7.77. The van der Waals surface area contributed by atoms with Crippen molar-refractivity contribution in [3.05, 3.63) is 42.7 Å². The SMILES string of the molecule is OB(O)c1cc2ccoc2c2ccccc12. The van der Waals surface area contributed by atoms with Crippen LogP contribution in [0.5, 0.6) is 0 Å². The summed E-state index contributed by atoms with van der Waals surface area (Å²) in [5.74, 6) is 0. The largest absolute Gasteiger partial charge is 0.489 e. The van der Waals surface area contributed by atoms with E-state index < -0.39 is 7.12 Å². The number of furan rings is 1. The second-order valence-electron chi connectivity index (χ2n) is 3.72. The van der Waals surface area contributed by atoms with Crippen LogP contribution in [-0.4, -0.2) is 17.2 Å². The highest BCUT2D eigenvalue weighted by atomic mass is 16.4. The maximum Gasteiger partial charge on any atom is 0.489 e. The van der Waals surface area contributed by atoms with E-state index in [2.05, 4.69) is 0 Å². The molecular weight excluding hydrogens is 203 g/mol. The number of hydrogen-bond donors (Lipinski definition) is 2. The van der Waals surface area contributed by atoms with E-state index in [-0.39, 0.29) is 0 Å². The smallest absolute Gasteiger partial charge is 0.464 e. The van der Waals surface area contributed by atoms with Crippen LogP contribution in [0.4, 0.5) is 0 Å². The predicted octanol–water partition coefficient (Wildman–Crippen LogP) is 1.27. The maximum absolute atomic E-state index is 9.34. The normalized spacial score (nSPS) is 11.1. The molecule has 0 spiro atoms. The van der Waals surface area contributed by atoms with Crippen molar-refractivity contribution < 1.29 is 14.5 Å². The Morgan fingerprint density at radius 1 is 1.00 bits per heavy atom. The first-order valence-electron chi connectivity index (χ1n) is 5.02. The average Bonchev–Trinajstić information content (AvgIpc) is 2.75. The highest BCUT2D eigenvalue weighted by molar-refractivity contribution is 6.62. The molecule has 3 aromatic rings. The molecule has 1 heterocycles. The van der Waals surface area contributed by atoms with E-state index >= 15 is 0 Å². The van der Waals surface area contributed by atoms with Gasteiger partial charge in [-0.1, -0.05) is 30.3 Å². The molecule has 78 valence electrons. The van der Waals surface area contributed by atoms with E-state index in [1.807, 2.05) is 30.3 Å². The van der Waals surface area contributed by atoms with Gasteiger partial charge in [-0.2, -0.15) is 0 Å². The van der Waals surface area contributed by atoms with Gasteiger partial charge in [0.25, 0.3) is 0 Å². The molecule has 0 saturated carbocycles. The van der Waals surface area contributed by atoms with Crippen molar-refractivity contribution in [2.45, 2.75) is 0 Å². The van der Waals surface area contributed by atoms with E-state index in [0.29, 0.717) is 5.46 Å². The molecule has 0 aliphatic rings. The van der Waals surface area contributed by atoms with Crippen LogP contribution < -0.4 is 5.46 Å². The Bertz CT molecular complexity index is 657. The molecule has 0 fully saturated rings. The van der Waals surface area contributed by atoms with Gasteiger partial charge in [-0.15, -0.1) is 0 Å². The lowest BCUT2D eigenvalue weighted by atomic mass is 9.76. The highest BCUT2D eigenvalue weighted by Gasteiger charge is 2.17. The minimum Gasteiger partial charge on any atom is -0.464 e. The molecule has 0 saturated heterocycles. The molecule has 0 radical (unpaired) electrons. The van der Waals surface area contributed by atoms with E-state index in [1.165, 1.54) is 0 Å². The van der Waals surface area contributed by atoms with Gasteiger partial charge in [-0.3, -0.25) is 0 Å². The zero-order chi connectivity index (χ0) is 11.1. The molecule has 0 atom stereocenters. The van der Waals surface area contributed by atoms with Crippen molar-refractivity contribution in [2.24, 2.45) is 0 Å². The number of benzene rings is 2. The summed E-state index contributed by atoms with van der Waals surface area (Å²) in [4.78, 5) is 0. The van der Waals surface area contributed by atoms with Gasteiger partial charge >= 0.3 is 7.12 Å². The Kier molecular flexibility index (Phi) is 1.99. The Morgan fingerprint density at radius 3 is 2.50 bits per heavy atom. The minimum absolute atomic E-state index is 0.504.